The molecule has 0 fully saturated rings. The molecule has 1 unspecified atom stereocenters. The highest BCUT2D eigenvalue weighted by Gasteiger charge is 2.38. The maximum Gasteiger partial charge on any atom is 0.312 e. The number of amides is 1. The second-order valence-corrected chi connectivity index (χ2v) is 7.18. The van der Waals surface area contributed by atoms with E-state index in [0.29, 0.717) is 35.6 Å². The SMILES string of the molecule is O=C(c1nnc(-c2cnccn2)o1)N1CCc2[nH]cnc2C1c1cc2c(F)cccn2n1. The number of carbonyl (C=O) groups is 1. The molecule has 5 aromatic rings. The third-order valence-electron chi connectivity index (χ3n) is 5.33. The van der Waals surface area contributed by atoms with E-state index in [-0.39, 0.29) is 11.8 Å². The summed E-state index contributed by atoms with van der Waals surface area (Å²) in [6, 6.07) is 3.89. The van der Waals surface area contributed by atoms with Crippen LogP contribution in [0.25, 0.3) is 17.1 Å². The number of rotatable bonds is 3. The first-order valence-electron chi connectivity index (χ1n) is 9.76. The Morgan fingerprint density at radius 2 is 2.19 bits per heavy atom. The Hall–Kier alpha value is -4.48. The smallest absolute Gasteiger partial charge is 0.312 e. The molecule has 0 aliphatic carbocycles. The van der Waals surface area contributed by atoms with Crippen molar-refractivity contribution in [3.05, 3.63) is 78.1 Å². The van der Waals surface area contributed by atoms with Gasteiger partial charge in [-0.25, -0.2) is 18.9 Å². The summed E-state index contributed by atoms with van der Waals surface area (Å²) >= 11 is 0. The Morgan fingerprint density at radius 1 is 1.25 bits per heavy atom. The van der Waals surface area contributed by atoms with Gasteiger partial charge in [0.15, 0.2) is 0 Å². The molecule has 1 aliphatic heterocycles. The van der Waals surface area contributed by atoms with Crippen LogP contribution in [0.3, 0.4) is 0 Å². The lowest BCUT2D eigenvalue weighted by Crippen LogP contribution is -2.41. The van der Waals surface area contributed by atoms with Crippen LogP contribution in [0.5, 0.6) is 0 Å². The highest BCUT2D eigenvalue weighted by atomic mass is 19.1. The first kappa shape index (κ1) is 18.3. The molecule has 0 aromatic carbocycles. The molecule has 6 rings (SSSR count). The molecule has 0 radical (unpaired) electrons. The quantitative estimate of drug-likeness (QED) is 0.458. The molecule has 0 bridgehead atoms. The number of imidazole rings is 1. The van der Waals surface area contributed by atoms with Crippen LogP contribution in [0.2, 0.25) is 0 Å². The van der Waals surface area contributed by atoms with Crippen LogP contribution in [-0.4, -0.2) is 57.1 Å². The Bertz CT molecular complexity index is 1440. The number of carbonyl (C=O) groups excluding carboxylic acids is 1. The molecular weight excluding hydrogens is 417 g/mol. The third-order valence-corrected chi connectivity index (χ3v) is 5.33. The number of aromatic nitrogens is 8. The van der Waals surface area contributed by atoms with Crippen LogP contribution in [0.1, 0.15) is 33.8 Å². The molecule has 1 N–H and O–H groups in total. The molecule has 32 heavy (non-hydrogen) atoms. The minimum Gasteiger partial charge on any atom is -0.411 e. The van der Waals surface area contributed by atoms with Crippen LogP contribution in [0.4, 0.5) is 4.39 Å². The fourth-order valence-electron chi connectivity index (χ4n) is 3.87. The fourth-order valence-corrected chi connectivity index (χ4v) is 3.87. The van der Waals surface area contributed by atoms with Crippen LogP contribution in [0.15, 0.2) is 53.7 Å². The Morgan fingerprint density at radius 3 is 3.03 bits per heavy atom. The molecule has 158 valence electrons. The molecule has 5 aromatic heterocycles. The second kappa shape index (κ2) is 7.04. The number of hydrogen-bond donors (Lipinski definition) is 1. The van der Waals surface area contributed by atoms with Crippen molar-refractivity contribution in [1.29, 1.82) is 0 Å². The van der Waals surface area contributed by atoms with Crippen LogP contribution >= 0.6 is 0 Å². The molecular formula is C20H14FN9O2. The number of nitrogens with one attached hydrogen (secondary N) is 1. The van der Waals surface area contributed by atoms with Crippen molar-refractivity contribution in [2.45, 2.75) is 12.5 Å². The van der Waals surface area contributed by atoms with E-state index in [0.717, 1.165) is 5.69 Å². The van der Waals surface area contributed by atoms with Gasteiger partial charge in [0.2, 0.25) is 0 Å². The summed E-state index contributed by atoms with van der Waals surface area (Å²) in [6.07, 6.45) is 8.25. The molecule has 11 nitrogen and oxygen atoms in total. The normalized spacial score (nSPS) is 15.8. The predicted octanol–water partition coefficient (Wildman–Crippen LogP) is 1.82. The Labute approximate surface area is 179 Å². The van der Waals surface area contributed by atoms with E-state index in [1.807, 2.05) is 0 Å². The maximum absolute atomic E-state index is 14.3. The summed E-state index contributed by atoms with van der Waals surface area (Å²) < 4.78 is 21.3. The van der Waals surface area contributed by atoms with Gasteiger partial charge in [0, 0.05) is 37.3 Å². The van der Waals surface area contributed by atoms with Gasteiger partial charge in [0.05, 0.1) is 23.9 Å². The van der Waals surface area contributed by atoms with E-state index in [1.54, 1.807) is 29.6 Å². The second-order valence-electron chi connectivity index (χ2n) is 7.18. The predicted molar refractivity (Wildman–Crippen MR) is 106 cm³/mol. The van der Waals surface area contributed by atoms with Crippen LogP contribution in [-0.2, 0) is 6.42 Å². The van der Waals surface area contributed by atoms with E-state index < -0.39 is 17.8 Å². The summed E-state index contributed by atoms with van der Waals surface area (Å²) in [5, 5.41) is 12.3. The van der Waals surface area contributed by atoms with Crippen molar-refractivity contribution >= 4 is 11.4 Å². The van der Waals surface area contributed by atoms with Crippen LogP contribution in [0, 0.1) is 5.82 Å². The Kier molecular flexibility index (Phi) is 4.03. The van der Waals surface area contributed by atoms with Gasteiger partial charge >= 0.3 is 11.8 Å². The van der Waals surface area contributed by atoms with Gasteiger partial charge in [0.25, 0.3) is 5.89 Å². The van der Waals surface area contributed by atoms with E-state index in [4.69, 9.17) is 4.42 Å². The molecule has 0 spiro atoms. The zero-order chi connectivity index (χ0) is 21.7. The average Bonchev–Trinajstić information content (AvgIpc) is 3.58. The minimum atomic E-state index is -0.649. The molecule has 6 heterocycles. The third kappa shape index (κ3) is 2.84. The van der Waals surface area contributed by atoms with Gasteiger partial charge in [0.1, 0.15) is 23.1 Å². The van der Waals surface area contributed by atoms with Gasteiger partial charge in [-0.1, -0.05) is 0 Å². The number of nitrogens with zero attached hydrogens (tertiary/aromatic N) is 8. The first-order valence-corrected chi connectivity index (χ1v) is 9.76. The zero-order valence-electron chi connectivity index (χ0n) is 16.4. The molecule has 1 aliphatic rings. The number of hydrogen-bond acceptors (Lipinski definition) is 8. The van der Waals surface area contributed by atoms with Crippen molar-refractivity contribution in [3.63, 3.8) is 0 Å². The lowest BCUT2D eigenvalue weighted by atomic mass is 9.99. The lowest BCUT2D eigenvalue weighted by molar-refractivity contribution is 0.0646. The molecule has 0 saturated carbocycles. The number of halogens is 1. The van der Waals surface area contributed by atoms with Gasteiger partial charge < -0.3 is 14.3 Å². The standard InChI is InChI=1S/C20H14FN9O2/c21-11-2-1-6-30-15(11)8-13(28-30)17-16-12(24-10-25-16)3-7-29(17)20(31)19-27-26-18(32-19)14-9-22-4-5-23-14/h1-2,4-6,8-10,17H,3,7H2,(H,24,25). The summed E-state index contributed by atoms with van der Waals surface area (Å²) in [6.45, 7) is 0.359. The summed E-state index contributed by atoms with van der Waals surface area (Å²) in [5.41, 5.74) is 2.68. The highest BCUT2D eigenvalue weighted by Crippen LogP contribution is 2.34. The van der Waals surface area contributed by atoms with E-state index in [1.165, 1.54) is 29.2 Å². The van der Waals surface area contributed by atoms with E-state index in [9.17, 15) is 9.18 Å². The number of pyridine rings is 1. The number of fused-ring (bicyclic) bond motifs is 2. The molecule has 1 atom stereocenters. The zero-order valence-corrected chi connectivity index (χ0v) is 16.4. The van der Waals surface area contributed by atoms with Gasteiger partial charge in [-0.3, -0.25) is 9.78 Å². The van der Waals surface area contributed by atoms with Crippen molar-refractivity contribution in [1.82, 2.24) is 44.6 Å². The minimum absolute atomic E-state index is 0.0882. The lowest BCUT2D eigenvalue weighted by Gasteiger charge is -2.32. The molecule has 0 saturated heterocycles. The summed E-state index contributed by atoms with van der Waals surface area (Å²) in [5.74, 6) is -0.994. The molecule has 1 amide bonds. The first-order chi connectivity index (χ1) is 15.7. The number of H-pyrrole nitrogens is 1. The highest BCUT2D eigenvalue weighted by molar-refractivity contribution is 5.90. The average molecular weight is 431 g/mol. The Balaban J connectivity index is 1.41. The van der Waals surface area contributed by atoms with Crippen molar-refractivity contribution in [2.24, 2.45) is 0 Å². The fraction of sp³-hybridized carbons (Fsp3) is 0.150. The summed E-state index contributed by atoms with van der Waals surface area (Å²) in [4.78, 5) is 30.5. The number of aromatic amines is 1. The monoisotopic (exact) mass is 431 g/mol. The van der Waals surface area contributed by atoms with Gasteiger partial charge in [-0.2, -0.15) is 5.10 Å². The maximum atomic E-state index is 14.3. The summed E-state index contributed by atoms with van der Waals surface area (Å²) in [7, 11) is 0. The van der Waals surface area contributed by atoms with E-state index in [2.05, 4.69) is 35.2 Å². The van der Waals surface area contributed by atoms with Crippen molar-refractivity contribution < 1.29 is 13.6 Å². The van der Waals surface area contributed by atoms with Crippen LogP contribution < -0.4 is 0 Å². The molecule has 12 heteroatoms. The van der Waals surface area contributed by atoms with Crippen molar-refractivity contribution in [3.8, 4) is 11.6 Å². The van der Waals surface area contributed by atoms with E-state index >= 15 is 0 Å². The topological polar surface area (TPSA) is 131 Å². The van der Waals surface area contributed by atoms with Crippen molar-refractivity contribution in [2.75, 3.05) is 6.54 Å². The largest absolute Gasteiger partial charge is 0.411 e. The van der Waals surface area contributed by atoms with Gasteiger partial charge in [-0.05, 0) is 18.2 Å². The van der Waals surface area contributed by atoms with Gasteiger partial charge in [-0.15, -0.1) is 10.2 Å².